The van der Waals surface area contributed by atoms with E-state index in [1.165, 1.54) is 34.1 Å². The van der Waals surface area contributed by atoms with Crippen LogP contribution in [0.2, 0.25) is 0 Å². The van der Waals surface area contributed by atoms with Gasteiger partial charge in [-0.25, -0.2) is 4.79 Å². The third-order valence-corrected chi connectivity index (χ3v) is 4.06. The van der Waals surface area contributed by atoms with Crippen molar-refractivity contribution < 1.29 is 27.5 Å². The van der Waals surface area contributed by atoms with E-state index in [-0.39, 0.29) is 37.3 Å². The van der Waals surface area contributed by atoms with E-state index in [1.807, 2.05) is 0 Å². The van der Waals surface area contributed by atoms with Crippen LogP contribution in [0.25, 0.3) is 0 Å². The first kappa shape index (κ1) is 20.2. The van der Waals surface area contributed by atoms with Crippen LogP contribution in [0.15, 0.2) is 24.3 Å². The number of benzene rings is 1. The Morgan fingerprint density at radius 1 is 1.12 bits per heavy atom. The van der Waals surface area contributed by atoms with Gasteiger partial charge in [-0.2, -0.15) is 13.2 Å². The highest BCUT2D eigenvalue weighted by atomic mass is 19.4. The Morgan fingerprint density at radius 3 is 2.19 bits per heavy atom. The molecule has 1 atom stereocenters. The minimum atomic E-state index is -4.53. The standard InChI is InChI=1S/C18H23F3N2O3/c1-17(2,3)26-16(25)23-10-8-22(9-11-23)15(18(19,20)21)14-7-5-4-6-13(14)12-24/h4-7,12,15H,8-11H2,1-3H3. The van der Waals surface area contributed by atoms with Crippen molar-refractivity contribution in [1.29, 1.82) is 0 Å². The summed E-state index contributed by atoms with van der Waals surface area (Å²) >= 11 is 0. The topological polar surface area (TPSA) is 49.9 Å². The van der Waals surface area contributed by atoms with E-state index in [9.17, 15) is 22.8 Å². The summed E-state index contributed by atoms with van der Waals surface area (Å²) in [5.41, 5.74) is -0.712. The lowest BCUT2D eigenvalue weighted by Gasteiger charge is -2.40. The number of alkyl halides is 3. The molecule has 5 nitrogen and oxygen atoms in total. The van der Waals surface area contributed by atoms with Gasteiger partial charge in [0, 0.05) is 31.7 Å². The number of carbonyl (C=O) groups excluding carboxylic acids is 2. The zero-order valence-corrected chi connectivity index (χ0v) is 15.0. The van der Waals surface area contributed by atoms with Gasteiger partial charge in [-0.05, 0) is 26.3 Å². The van der Waals surface area contributed by atoms with Crippen molar-refractivity contribution in [2.75, 3.05) is 26.2 Å². The molecule has 1 aromatic carbocycles. The van der Waals surface area contributed by atoms with E-state index in [4.69, 9.17) is 4.74 Å². The fourth-order valence-electron chi connectivity index (χ4n) is 2.94. The van der Waals surface area contributed by atoms with Gasteiger partial charge in [-0.1, -0.05) is 24.3 Å². The average Bonchev–Trinajstić information content (AvgIpc) is 2.53. The van der Waals surface area contributed by atoms with Gasteiger partial charge in [0.15, 0.2) is 0 Å². The van der Waals surface area contributed by atoms with Crippen LogP contribution in [0, 0.1) is 0 Å². The molecule has 26 heavy (non-hydrogen) atoms. The summed E-state index contributed by atoms with van der Waals surface area (Å²) in [5.74, 6) is 0. The summed E-state index contributed by atoms with van der Waals surface area (Å²) in [6.45, 7) is 5.54. The number of rotatable bonds is 3. The van der Waals surface area contributed by atoms with Crippen molar-refractivity contribution in [3.8, 4) is 0 Å². The molecule has 0 saturated carbocycles. The predicted molar refractivity (Wildman–Crippen MR) is 90.0 cm³/mol. The summed E-state index contributed by atoms with van der Waals surface area (Å²) < 4.78 is 46.4. The number of piperazine rings is 1. The number of ether oxygens (including phenoxy) is 1. The maximum absolute atomic E-state index is 13.7. The molecule has 0 aromatic heterocycles. The number of hydrogen-bond acceptors (Lipinski definition) is 4. The number of amides is 1. The van der Waals surface area contributed by atoms with Crippen LogP contribution in [-0.2, 0) is 4.74 Å². The van der Waals surface area contributed by atoms with Gasteiger partial charge in [-0.3, -0.25) is 9.69 Å². The van der Waals surface area contributed by atoms with Crippen molar-refractivity contribution in [2.24, 2.45) is 0 Å². The Balaban J connectivity index is 2.16. The van der Waals surface area contributed by atoms with E-state index in [2.05, 4.69) is 0 Å². The van der Waals surface area contributed by atoms with Crippen LogP contribution in [0.3, 0.4) is 0 Å². The van der Waals surface area contributed by atoms with Crippen LogP contribution < -0.4 is 0 Å². The molecule has 1 saturated heterocycles. The molecule has 1 aliphatic heterocycles. The van der Waals surface area contributed by atoms with Crippen LogP contribution in [0.5, 0.6) is 0 Å². The van der Waals surface area contributed by atoms with Crippen LogP contribution in [-0.4, -0.2) is 60.1 Å². The van der Waals surface area contributed by atoms with E-state index in [0.717, 1.165) is 0 Å². The monoisotopic (exact) mass is 372 g/mol. The Kier molecular flexibility index (Phi) is 5.95. The lowest BCUT2D eigenvalue weighted by molar-refractivity contribution is -0.190. The molecule has 0 N–H and O–H groups in total. The smallest absolute Gasteiger partial charge is 0.410 e. The molecule has 144 valence electrons. The fourth-order valence-corrected chi connectivity index (χ4v) is 2.94. The van der Waals surface area contributed by atoms with E-state index >= 15 is 0 Å². The number of hydrogen-bond donors (Lipinski definition) is 0. The zero-order valence-electron chi connectivity index (χ0n) is 15.0. The van der Waals surface area contributed by atoms with Gasteiger partial charge >= 0.3 is 12.3 Å². The fraction of sp³-hybridized carbons (Fsp3) is 0.556. The molecule has 0 aliphatic carbocycles. The first-order valence-corrected chi connectivity index (χ1v) is 8.36. The molecule has 1 amide bonds. The van der Waals surface area contributed by atoms with Gasteiger partial charge < -0.3 is 9.64 Å². The molecule has 1 unspecified atom stereocenters. The van der Waals surface area contributed by atoms with Crippen molar-refractivity contribution in [3.05, 3.63) is 35.4 Å². The van der Waals surface area contributed by atoms with Crippen molar-refractivity contribution >= 4 is 12.4 Å². The second-order valence-electron chi connectivity index (χ2n) is 7.19. The minimum Gasteiger partial charge on any atom is -0.444 e. The molecule has 1 fully saturated rings. The zero-order chi connectivity index (χ0) is 19.5. The van der Waals surface area contributed by atoms with Gasteiger partial charge in [0.25, 0.3) is 0 Å². The van der Waals surface area contributed by atoms with E-state index in [1.54, 1.807) is 20.8 Å². The van der Waals surface area contributed by atoms with Gasteiger partial charge in [0.1, 0.15) is 17.9 Å². The summed E-state index contributed by atoms with van der Waals surface area (Å²) in [7, 11) is 0. The maximum atomic E-state index is 13.7. The van der Waals surface area contributed by atoms with E-state index in [0.29, 0.717) is 6.29 Å². The van der Waals surface area contributed by atoms with Gasteiger partial charge in [0.05, 0.1) is 0 Å². The largest absolute Gasteiger partial charge is 0.444 e. The predicted octanol–water partition coefficient (Wildman–Crippen LogP) is 3.66. The van der Waals surface area contributed by atoms with Gasteiger partial charge in [0.2, 0.25) is 0 Å². The van der Waals surface area contributed by atoms with E-state index < -0.39 is 23.9 Å². The average molecular weight is 372 g/mol. The van der Waals surface area contributed by atoms with Crippen molar-refractivity contribution in [2.45, 2.75) is 38.6 Å². The Bertz CT molecular complexity index is 648. The van der Waals surface area contributed by atoms with Crippen molar-refractivity contribution in [1.82, 2.24) is 9.80 Å². The summed E-state index contributed by atoms with van der Waals surface area (Å²) in [5, 5.41) is 0. The highest BCUT2D eigenvalue weighted by Gasteiger charge is 2.46. The molecule has 8 heteroatoms. The lowest BCUT2D eigenvalue weighted by Crippen LogP contribution is -2.53. The highest BCUT2D eigenvalue weighted by Crippen LogP contribution is 2.39. The Morgan fingerprint density at radius 2 is 1.69 bits per heavy atom. The minimum absolute atomic E-state index is 0.0180. The molecule has 1 aromatic rings. The van der Waals surface area contributed by atoms with Crippen LogP contribution in [0.1, 0.15) is 42.7 Å². The summed E-state index contributed by atoms with van der Waals surface area (Å²) in [6.07, 6.45) is -4.63. The third-order valence-electron chi connectivity index (χ3n) is 4.06. The SMILES string of the molecule is CC(C)(C)OC(=O)N1CCN(C(c2ccccc2C=O)C(F)(F)F)CC1. The molecule has 1 heterocycles. The molecule has 1 aliphatic rings. The summed E-state index contributed by atoms with van der Waals surface area (Å²) in [4.78, 5) is 25.9. The number of halogens is 3. The Hall–Kier alpha value is -2.09. The Labute approximate surface area is 150 Å². The first-order chi connectivity index (χ1) is 12.0. The normalized spacial score (nSPS) is 17.7. The second-order valence-corrected chi connectivity index (χ2v) is 7.19. The number of carbonyl (C=O) groups is 2. The molecule has 0 bridgehead atoms. The lowest BCUT2D eigenvalue weighted by atomic mass is 9.98. The molecular formula is C18H23F3N2O3. The summed E-state index contributed by atoms with van der Waals surface area (Å²) in [6, 6.07) is 3.82. The van der Waals surface area contributed by atoms with Gasteiger partial charge in [-0.15, -0.1) is 0 Å². The number of aldehydes is 1. The second kappa shape index (κ2) is 7.65. The number of nitrogens with zero attached hydrogens (tertiary/aromatic N) is 2. The van der Waals surface area contributed by atoms with Crippen LogP contribution in [0.4, 0.5) is 18.0 Å². The van der Waals surface area contributed by atoms with Crippen molar-refractivity contribution in [3.63, 3.8) is 0 Å². The van der Waals surface area contributed by atoms with Crippen LogP contribution >= 0.6 is 0 Å². The molecule has 0 spiro atoms. The molecule has 2 rings (SSSR count). The third kappa shape index (κ3) is 4.97. The highest BCUT2D eigenvalue weighted by molar-refractivity contribution is 5.77. The quantitative estimate of drug-likeness (QED) is 0.760. The maximum Gasteiger partial charge on any atom is 0.410 e. The molecular weight excluding hydrogens is 349 g/mol. The first-order valence-electron chi connectivity index (χ1n) is 8.36. The molecule has 0 radical (unpaired) electrons.